The Kier molecular flexibility index (Phi) is 6.30. The first-order valence-electron chi connectivity index (χ1n) is 10.9. The molecule has 4 rings (SSSR count). The molecule has 0 unspecified atom stereocenters. The summed E-state index contributed by atoms with van der Waals surface area (Å²) in [4.78, 5) is 17.4. The molecule has 32 heavy (non-hydrogen) atoms. The number of rotatable bonds is 7. The number of aryl methyl sites for hydroxylation is 4. The van der Waals surface area contributed by atoms with Crippen molar-refractivity contribution in [2.24, 2.45) is 0 Å². The predicted molar refractivity (Wildman–Crippen MR) is 124 cm³/mol. The molecule has 0 saturated carbocycles. The van der Waals surface area contributed by atoms with Crippen LogP contribution in [0.25, 0.3) is 16.8 Å². The predicted octanol–water partition coefficient (Wildman–Crippen LogP) is 4.75. The topological polar surface area (TPSA) is 59.3 Å². The second-order valence-electron chi connectivity index (χ2n) is 8.08. The van der Waals surface area contributed by atoms with Crippen molar-refractivity contribution in [1.29, 1.82) is 0 Å². The molecule has 0 aliphatic carbocycles. The van der Waals surface area contributed by atoms with E-state index in [0.29, 0.717) is 6.54 Å². The van der Waals surface area contributed by atoms with E-state index >= 15 is 0 Å². The van der Waals surface area contributed by atoms with Gasteiger partial charge in [-0.05, 0) is 56.9 Å². The smallest absolute Gasteiger partial charge is 0.224 e. The second kappa shape index (κ2) is 9.30. The van der Waals surface area contributed by atoms with Gasteiger partial charge in [-0.25, -0.2) is 13.9 Å². The van der Waals surface area contributed by atoms with Gasteiger partial charge in [-0.15, -0.1) is 0 Å². The van der Waals surface area contributed by atoms with Crippen molar-refractivity contribution in [3.05, 3.63) is 88.6 Å². The number of carbonyl (C=O) groups excluding carboxylic acids is 1. The summed E-state index contributed by atoms with van der Waals surface area (Å²) in [5.41, 5.74) is 7.13. The SMILES string of the molecule is Cc1nc2c(-c3ccc(F)cc3)c(C)nn2c(C)c1CC(=O)NCCCc1ccccc1. The van der Waals surface area contributed by atoms with E-state index in [1.165, 1.54) is 17.7 Å². The van der Waals surface area contributed by atoms with Crippen LogP contribution in [0.4, 0.5) is 4.39 Å². The normalized spacial score (nSPS) is 11.1. The van der Waals surface area contributed by atoms with Crippen LogP contribution in [0, 0.1) is 26.6 Å². The minimum Gasteiger partial charge on any atom is -0.356 e. The van der Waals surface area contributed by atoms with Gasteiger partial charge in [0.05, 0.1) is 12.1 Å². The van der Waals surface area contributed by atoms with Gasteiger partial charge in [0.15, 0.2) is 5.65 Å². The van der Waals surface area contributed by atoms with Crippen molar-refractivity contribution in [3.63, 3.8) is 0 Å². The van der Waals surface area contributed by atoms with Crippen LogP contribution in [0.5, 0.6) is 0 Å². The average Bonchev–Trinajstić information content (AvgIpc) is 3.11. The van der Waals surface area contributed by atoms with Gasteiger partial charge in [0.1, 0.15) is 5.82 Å². The van der Waals surface area contributed by atoms with Crippen LogP contribution in [0.2, 0.25) is 0 Å². The van der Waals surface area contributed by atoms with E-state index in [4.69, 9.17) is 4.98 Å². The van der Waals surface area contributed by atoms with E-state index in [1.807, 2.05) is 39.0 Å². The molecule has 0 radical (unpaired) electrons. The van der Waals surface area contributed by atoms with Crippen LogP contribution in [0.3, 0.4) is 0 Å². The number of nitrogens with zero attached hydrogens (tertiary/aromatic N) is 3. The van der Waals surface area contributed by atoms with Gasteiger partial charge in [0.2, 0.25) is 5.91 Å². The third kappa shape index (κ3) is 4.54. The molecule has 2 heterocycles. The van der Waals surface area contributed by atoms with Crippen molar-refractivity contribution in [2.45, 2.75) is 40.0 Å². The second-order valence-corrected chi connectivity index (χ2v) is 8.08. The highest BCUT2D eigenvalue weighted by Gasteiger charge is 2.19. The number of nitrogens with one attached hydrogen (secondary N) is 1. The molecule has 4 aromatic rings. The molecule has 2 aromatic heterocycles. The molecule has 0 aliphatic rings. The molecule has 6 heteroatoms. The Bertz CT molecular complexity index is 1250. The summed E-state index contributed by atoms with van der Waals surface area (Å²) in [7, 11) is 0. The number of halogens is 1. The zero-order valence-electron chi connectivity index (χ0n) is 18.7. The summed E-state index contributed by atoms with van der Waals surface area (Å²) >= 11 is 0. The van der Waals surface area contributed by atoms with Crippen LogP contribution in [0.1, 0.15) is 34.6 Å². The van der Waals surface area contributed by atoms with Gasteiger partial charge in [0.25, 0.3) is 0 Å². The van der Waals surface area contributed by atoms with Crippen molar-refractivity contribution in [1.82, 2.24) is 19.9 Å². The molecule has 2 aromatic carbocycles. The molecule has 0 spiro atoms. The average molecular weight is 431 g/mol. The van der Waals surface area contributed by atoms with Crippen LogP contribution in [0.15, 0.2) is 54.6 Å². The highest BCUT2D eigenvalue weighted by Crippen LogP contribution is 2.29. The highest BCUT2D eigenvalue weighted by atomic mass is 19.1. The molecule has 1 amide bonds. The largest absolute Gasteiger partial charge is 0.356 e. The summed E-state index contributed by atoms with van der Waals surface area (Å²) in [6.45, 7) is 6.43. The quantitative estimate of drug-likeness (QED) is 0.431. The molecule has 0 saturated heterocycles. The first-order chi connectivity index (χ1) is 15.4. The Morgan fingerprint density at radius 2 is 1.72 bits per heavy atom. The van der Waals surface area contributed by atoms with Crippen LogP contribution >= 0.6 is 0 Å². The summed E-state index contributed by atoms with van der Waals surface area (Å²) in [5.74, 6) is -0.298. The Morgan fingerprint density at radius 3 is 2.44 bits per heavy atom. The minimum atomic E-state index is -0.278. The van der Waals surface area contributed by atoms with E-state index in [1.54, 1.807) is 16.6 Å². The fourth-order valence-electron chi connectivity index (χ4n) is 4.07. The number of carbonyl (C=O) groups is 1. The van der Waals surface area contributed by atoms with E-state index in [0.717, 1.165) is 52.3 Å². The van der Waals surface area contributed by atoms with E-state index in [9.17, 15) is 9.18 Å². The lowest BCUT2D eigenvalue weighted by molar-refractivity contribution is -0.120. The van der Waals surface area contributed by atoms with Gasteiger partial charge in [-0.2, -0.15) is 5.10 Å². The Morgan fingerprint density at radius 1 is 1.00 bits per heavy atom. The number of fused-ring (bicyclic) bond motifs is 1. The lowest BCUT2D eigenvalue weighted by Gasteiger charge is -2.12. The van der Waals surface area contributed by atoms with E-state index in [2.05, 4.69) is 22.5 Å². The number of amides is 1. The van der Waals surface area contributed by atoms with Gasteiger partial charge in [-0.3, -0.25) is 4.79 Å². The Labute approximate surface area is 187 Å². The van der Waals surface area contributed by atoms with Crippen LogP contribution in [-0.4, -0.2) is 27.0 Å². The van der Waals surface area contributed by atoms with Gasteiger partial charge in [0, 0.05) is 29.1 Å². The van der Waals surface area contributed by atoms with Gasteiger partial charge in [-0.1, -0.05) is 42.5 Å². The number of hydrogen-bond donors (Lipinski definition) is 1. The standard InChI is InChI=1S/C26H27FN4O/c1-17-23(16-24(32)28-15-7-10-20-8-5-4-6-9-20)19(3)31-26(29-17)25(18(2)30-31)21-11-13-22(27)14-12-21/h4-6,8-9,11-14H,7,10,15-16H2,1-3H3,(H,28,32). The monoisotopic (exact) mass is 430 g/mol. The summed E-state index contributed by atoms with van der Waals surface area (Å²) in [6, 6.07) is 16.6. The van der Waals surface area contributed by atoms with E-state index < -0.39 is 0 Å². The zero-order valence-corrected chi connectivity index (χ0v) is 18.7. The molecule has 0 aliphatic heterocycles. The maximum Gasteiger partial charge on any atom is 0.224 e. The fourth-order valence-corrected chi connectivity index (χ4v) is 4.07. The lowest BCUT2D eigenvalue weighted by Crippen LogP contribution is -2.27. The molecule has 0 atom stereocenters. The molecular formula is C26H27FN4O. The van der Waals surface area contributed by atoms with Crippen molar-refractivity contribution >= 4 is 11.6 Å². The summed E-state index contributed by atoms with van der Waals surface area (Å²) in [5, 5.41) is 7.68. The molecular weight excluding hydrogens is 403 g/mol. The minimum absolute atomic E-state index is 0.0203. The number of hydrogen-bond acceptors (Lipinski definition) is 3. The first-order valence-corrected chi connectivity index (χ1v) is 10.9. The number of aromatic nitrogens is 3. The molecule has 164 valence electrons. The summed E-state index contributed by atoms with van der Waals surface area (Å²) < 4.78 is 15.2. The molecule has 1 N–H and O–H groups in total. The van der Waals surface area contributed by atoms with Crippen molar-refractivity contribution in [2.75, 3.05) is 6.54 Å². The number of benzene rings is 2. The molecule has 5 nitrogen and oxygen atoms in total. The maximum absolute atomic E-state index is 13.4. The molecule has 0 fully saturated rings. The van der Waals surface area contributed by atoms with Crippen LogP contribution in [-0.2, 0) is 17.6 Å². The van der Waals surface area contributed by atoms with Crippen molar-refractivity contribution in [3.8, 4) is 11.1 Å². The van der Waals surface area contributed by atoms with Gasteiger partial charge >= 0.3 is 0 Å². The van der Waals surface area contributed by atoms with Crippen LogP contribution < -0.4 is 5.32 Å². The summed E-state index contributed by atoms with van der Waals surface area (Å²) in [6.07, 6.45) is 2.09. The third-order valence-electron chi connectivity index (χ3n) is 5.78. The fraction of sp³-hybridized carbons (Fsp3) is 0.269. The Hall–Kier alpha value is -3.54. The maximum atomic E-state index is 13.4. The zero-order chi connectivity index (χ0) is 22.7. The third-order valence-corrected chi connectivity index (χ3v) is 5.78. The molecule has 0 bridgehead atoms. The van der Waals surface area contributed by atoms with Crippen molar-refractivity contribution < 1.29 is 9.18 Å². The van der Waals surface area contributed by atoms with Gasteiger partial charge < -0.3 is 5.32 Å². The Balaban J connectivity index is 1.49. The first kappa shape index (κ1) is 21.7. The highest BCUT2D eigenvalue weighted by molar-refractivity contribution is 5.82. The lowest BCUT2D eigenvalue weighted by atomic mass is 10.0. The van der Waals surface area contributed by atoms with E-state index in [-0.39, 0.29) is 18.1 Å².